The fourth-order valence-corrected chi connectivity index (χ4v) is 5.79. The number of aromatic nitrogens is 1. The monoisotopic (exact) mass is 516 g/mol. The molecular weight excluding hydrogens is 480 g/mol. The van der Waals surface area contributed by atoms with Crippen molar-refractivity contribution in [2.45, 2.75) is 44.4 Å². The van der Waals surface area contributed by atoms with Crippen LogP contribution < -0.4 is 19.7 Å². The Morgan fingerprint density at radius 1 is 1.11 bits per heavy atom. The van der Waals surface area contributed by atoms with Gasteiger partial charge in [-0.05, 0) is 75.2 Å². The first kappa shape index (κ1) is 24.9. The van der Waals surface area contributed by atoms with Gasteiger partial charge < -0.3 is 29.7 Å². The number of hydrogen-bond acceptors (Lipinski definition) is 7. The zero-order valence-corrected chi connectivity index (χ0v) is 21.9. The third kappa shape index (κ3) is 5.28. The summed E-state index contributed by atoms with van der Waals surface area (Å²) in [5, 5.41) is 15.8. The third-order valence-electron chi connectivity index (χ3n) is 7.94. The summed E-state index contributed by atoms with van der Waals surface area (Å²) in [6, 6.07) is 17.3. The predicted molar refractivity (Wildman–Crippen MR) is 147 cm³/mol. The van der Waals surface area contributed by atoms with Gasteiger partial charge in [0.1, 0.15) is 24.6 Å². The number of nitrogens with zero attached hydrogens (tertiary/aromatic N) is 3. The van der Waals surface area contributed by atoms with Crippen LogP contribution in [0.25, 0.3) is 10.9 Å². The summed E-state index contributed by atoms with van der Waals surface area (Å²) in [7, 11) is 0. The van der Waals surface area contributed by atoms with Crippen LogP contribution in [0, 0.1) is 5.92 Å². The molecule has 2 unspecified atom stereocenters. The van der Waals surface area contributed by atoms with Gasteiger partial charge in [0.25, 0.3) is 0 Å². The Balaban J connectivity index is 1.16. The second-order valence-electron chi connectivity index (χ2n) is 10.8. The lowest BCUT2D eigenvalue weighted by Crippen LogP contribution is -2.48. The minimum Gasteiger partial charge on any atom is -0.486 e. The topological polar surface area (TPSA) is 87.2 Å². The van der Waals surface area contributed by atoms with Crippen molar-refractivity contribution in [1.29, 1.82) is 0 Å². The normalized spacial score (nSPS) is 22.9. The summed E-state index contributed by atoms with van der Waals surface area (Å²) >= 11 is 0. The number of aliphatic hydroxyl groups excluding tert-OH is 1. The van der Waals surface area contributed by atoms with Crippen LogP contribution in [0.5, 0.6) is 11.5 Å². The van der Waals surface area contributed by atoms with E-state index in [9.17, 15) is 9.90 Å². The lowest BCUT2D eigenvalue weighted by Gasteiger charge is -2.30. The first-order valence-corrected chi connectivity index (χ1v) is 13.8. The molecule has 2 N–H and O–H groups in total. The van der Waals surface area contributed by atoms with E-state index in [-0.39, 0.29) is 17.9 Å². The highest BCUT2D eigenvalue weighted by Gasteiger charge is 2.33. The van der Waals surface area contributed by atoms with Crippen molar-refractivity contribution in [3.63, 3.8) is 0 Å². The molecule has 6 rings (SSSR count). The summed E-state index contributed by atoms with van der Waals surface area (Å²) in [6.45, 7) is 6.46. The van der Waals surface area contributed by atoms with E-state index in [4.69, 9.17) is 14.5 Å². The van der Waals surface area contributed by atoms with E-state index in [0.717, 1.165) is 61.2 Å². The van der Waals surface area contributed by atoms with E-state index in [1.807, 2.05) is 49.4 Å². The molecule has 1 aromatic heterocycles. The van der Waals surface area contributed by atoms with Crippen molar-refractivity contribution in [2.24, 2.45) is 5.92 Å². The number of aliphatic hydroxyl groups is 1. The van der Waals surface area contributed by atoms with E-state index in [1.54, 1.807) is 0 Å². The highest BCUT2D eigenvalue weighted by molar-refractivity contribution is 5.82. The van der Waals surface area contributed by atoms with Crippen LogP contribution in [0.1, 0.15) is 37.9 Å². The number of rotatable bonds is 7. The van der Waals surface area contributed by atoms with Gasteiger partial charge in [0, 0.05) is 25.0 Å². The molecule has 0 aliphatic carbocycles. The zero-order chi connectivity index (χ0) is 26.1. The molecule has 200 valence electrons. The minimum atomic E-state index is -0.856. The Hall–Kier alpha value is -3.36. The Kier molecular flexibility index (Phi) is 7.08. The van der Waals surface area contributed by atoms with Crippen molar-refractivity contribution < 1.29 is 19.4 Å². The van der Waals surface area contributed by atoms with Gasteiger partial charge in [-0.2, -0.15) is 0 Å². The van der Waals surface area contributed by atoms with Gasteiger partial charge in [-0.1, -0.05) is 24.3 Å². The largest absolute Gasteiger partial charge is 0.486 e. The van der Waals surface area contributed by atoms with Crippen LogP contribution >= 0.6 is 0 Å². The predicted octanol–water partition coefficient (Wildman–Crippen LogP) is 3.54. The molecule has 1 amide bonds. The van der Waals surface area contributed by atoms with Crippen LogP contribution in [0.3, 0.4) is 0 Å². The summed E-state index contributed by atoms with van der Waals surface area (Å²) in [5.41, 5.74) is 1.68. The quantitative estimate of drug-likeness (QED) is 0.497. The number of hydrogen-bond donors (Lipinski definition) is 2. The first-order valence-electron chi connectivity index (χ1n) is 13.8. The number of carbonyl (C=O) groups excluding carboxylic acids is 1. The molecule has 3 aliphatic heterocycles. The van der Waals surface area contributed by atoms with Gasteiger partial charge in [-0.25, -0.2) is 4.98 Å². The molecule has 4 heterocycles. The Morgan fingerprint density at radius 3 is 2.82 bits per heavy atom. The SMILES string of the molecule is CC1COc2ccc([C@@H](O)[C@@H](CN3CCCC3)NC(=O)C3CCN(c4ccc5ccccc5n4)C3)cc2O1. The third-order valence-corrected chi connectivity index (χ3v) is 7.94. The van der Waals surface area contributed by atoms with Crippen LogP contribution in [-0.2, 0) is 4.79 Å². The fraction of sp³-hybridized carbons (Fsp3) is 0.467. The van der Waals surface area contributed by atoms with Gasteiger partial charge in [0.2, 0.25) is 5.91 Å². The highest BCUT2D eigenvalue weighted by Crippen LogP contribution is 2.35. The number of nitrogens with one attached hydrogen (secondary N) is 1. The lowest BCUT2D eigenvalue weighted by molar-refractivity contribution is -0.126. The molecule has 3 aromatic rings. The Bertz CT molecular complexity index is 1290. The summed E-state index contributed by atoms with van der Waals surface area (Å²) in [6.07, 6.45) is 2.15. The maximum absolute atomic E-state index is 13.5. The number of likely N-dealkylation sites (tertiary alicyclic amines) is 1. The molecule has 2 aromatic carbocycles. The number of anilines is 1. The molecule has 0 radical (unpaired) electrons. The van der Waals surface area contributed by atoms with E-state index >= 15 is 0 Å². The second kappa shape index (κ2) is 10.8. The van der Waals surface area contributed by atoms with Crippen molar-refractivity contribution in [3.8, 4) is 11.5 Å². The number of amides is 1. The molecule has 4 atom stereocenters. The number of ether oxygens (including phenoxy) is 2. The van der Waals surface area contributed by atoms with Crippen molar-refractivity contribution in [3.05, 3.63) is 60.2 Å². The average molecular weight is 517 g/mol. The minimum absolute atomic E-state index is 0.0114. The van der Waals surface area contributed by atoms with Gasteiger partial charge in [0.05, 0.1) is 17.5 Å². The maximum Gasteiger partial charge on any atom is 0.225 e. The Morgan fingerprint density at radius 2 is 1.95 bits per heavy atom. The second-order valence-corrected chi connectivity index (χ2v) is 10.8. The fourth-order valence-electron chi connectivity index (χ4n) is 5.79. The smallest absolute Gasteiger partial charge is 0.225 e. The number of para-hydroxylation sites is 1. The molecule has 2 saturated heterocycles. The van der Waals surface area contributed by atoms with Crippen molar-refractivity contribution in [2.75, 3.05) is 44.2 Å². The molecular formula is C30H36N4O4. The zero-order valence-electron chi connectivity index (χ0n) is 21.9. The molecule has 0 saturated carbocycles. The van der Waals surface area contributed by atoms with E-state index in [1.165, 1.54) is 0 Å². The first-order chi connectivity index (χ1) is 18.5. The molecule has 38 heavy (non-hydrogen) atoms. The standard InChI is InChI=1S/C30H36N4O4/c1-20-19-37-26-10-8-22(16-27(26)38-20)29(35)25(18-33-13-4-5-14-33)32-30(36)23-12-15-34(17-23)28-11-9-21-6-2-3-7-24(21)31-28/h2-3,6-11,16,20,23,25,29,35H,4-5,12-15,17-19H2,1H3,(H,32,36)/t20?,23?,25-,29-/m1/s1. The van der Waals surface area contributed by atoms with Crippen LogP contribution in [-0.4, -0.2) is 72.4 Å². The molecule has 2 fully saturated rings. The van der Waals surface area contributed by atoms with Crippen molar-refractivity contribution >= 4 is 22.6 Å². The molecule has 0 spiro atoms. The van der Waals surface area contributed by atoms with Crippen LogP contribution in [0.15, 0.2) is 54.6 Å². The summed E-state index contributed by atoms with van der Waals surface area (Å²) in [4.78, 5) is 22.8. The van der Waals surface area contributed by atoms with E-state index in [0.29, 0.717) is 31.2 Å². The van der Waals surface area contributed by atoms with Gasteiger partial charge in [-0.15, -0.1) is 0 Å². The van der Waals surface area contributed by atoms with Gasteiger partial charge in [-0.3, -0.25) is 4.79 Å². The molecule has 8 nitrogen and oxygen atoms in total. The highest BCUT2D eigenvalue weighted by atomic mass is 16.6. The van der Waals surface area contributed by atoms with Crippen molar-refractivity contribution in [1.82, 2.24) is 15.2 Å². The van der Waals surface area contributed by atoms with Crippen LogP contribution in [0.2, 0.25) is 0 Å². The number of pyridine rings is 1. The molecule has 0 bridgehead atoms. The summed E-state index contributed by atoms with van der Waals surface area (Å²) < 4.78 is 11.7. The van der Waals surface area contributed by atoms with Gasteiger partial charge >= 0.3 is 0 Å². The molecule has 8 heteroatoms. The number of benzene rings is 2. The summed E-state index contributed by atoms with van der Waals surface area (Å²) in [5.74, 6) is 2.06. The average Bonchev–Trinajstić information content (AvgIpc) is 3.64. The van der Waals surface area contributed by atoms with Crippen LogP contribution in [0.4, 0.5) is 5.82 Å². The van der Waals surface area contributed by atoms with E-state index < -0.39 is 12.1 Å². The molecule has 3 aliphatic rings. The maximum atomic E-state index is 13.5. The Labute approximate surface area is 223 Å². The lowest BCUT2D eigenvalue weighted by atomic mass is 9.99. The van der Waals surface area contributed by atoms with Gasteiger partial charge in [0.15, 0.2) is 11.5 Å². The number of fused-ring (bicyclic) bond motifs is 2. The van der Waals surface area contributed by atoms with E-state index in [2.05, 4.69) is 27.2 Å². The number of carbonyl (C=O) groups is 1.